The van der Waals surface area contributed by atoms with Crippen LogP contribution in [0.3, 0.4) is 0 Å². The lowest BCUT2D eigenvalue weighted by molar-refractivity contribution is -0.140. The predicted molar refractivity (Wildman–Crippen MR) is 174 cm³/mol. The van der Waals surface area contributed by atoms with Gasteiger partial charge in [0.15, 0.2) is 0 Å². The second kappa shape index (κ2) is 15.1. The number of carbonyl (C=O) groups excluding carboxylic acids is 2. The highest BCUT2D eigenvalue weighted by molar-refractivity contribution is 7.92. The van der Waals surface area contributed by atoms with Gasteiger partial charge in [0.2, 0.25) is 11.8 Å². The van der Waals surface area contributed by atoms with E-state index in [0.29, 0.717) is 27.9 Å². The summed E-state index contributed by atoms with van der Waals surface area (Å²) >= 11 is 13.0. The molecule has 0 aliphatic carbocycles. The molecule has 0 aromatic heterocycles. The lowest BCUT2D eigenvalue weighted by Crippen LogP contribution is -2.53. The van der Waals surface area contributed by atoms with Crippen molar-refractivity contribution in [2.75, 3.05) is 24.5 Å². The predicted octanol–water partition coefficient (Wildman–Crippen LogP) is 5.97. The van der Waals surface area contributed by atoms with Gasteiger partial charge in [-0.15, -0.1) is 0 Å². The monoisotopic (exact) mass is 653 g/mol. The van der Waals surface area contributed by atoms with Gasteiger partial charge in [0, 0.05) is 35.1 Å². The van der Waals surface area contributed by atoms with Crippen LogP contribution in [0.4, 0.5) is 5.69 Å². The minimum Gasteiger partial charge on any atom is -0.497 e. The Hall–Kier alpha value is -4.05. The van der Waals surface area contributed by atoms with Crippen LogP contribution >= 0.6 is 23.2 Å². The Morgan fingerprint density at radius 3 is 2.00 bits per heavy atom. The Labute approximate surface area is 268 Å². The summed E-state index contributed by atoms with van der Waals surface area (Å²) in [6, 6.07) is 27.5. The summed E-state index contributed by atoms with van der Waals surface area (Å²) in [7, 11) is -2.75. The SMILES string of the molecule is CCNC(=O)C(Cc1ccccc1)N(Cc1c(Cl)cccc1Cl)C(=O)CN(c1ccccc1)S(=O)(=O)c1ccc(OC)cc1. The molecule has 0 aliphatic heterocycles. The molecule has 44 heavy (non-hydrogen) atoms. The molecule has 1 unspecified atom stereocenters. The number of rotatable bonds is 13. The van der Waals surface area contributed by atoms with Crippen LogP contribution in [0, 0.1) is 0 Å². The molecule has 0 bridgehead atoms. The van der Waals surface area contributed by atoms with E-state index >= 15 is 0 Å². The van der Waals surface area contributed by atoms with Gasteiger partial charge in [0.05, 0.1) is 17.7 Å². The third-order valence-electron chi connectivity index (χ3n) is 6.98. The molecule has 230 valence electrons. The highest BCUT2D eigenvalue weighted by Crippen LogP contribution is 2.29. The number of para-hydroxylation sites is 1. The van der Waals surface area contributed by atoms with Crippen LogP contribution < -0.4 is 14.4 Å². The fourth-order valence-electron chi connectivity index (χ4n) is 4.70. The van der Waals surface area contributed by atoms with Crippen LogP contribution in [0.2, 0.25) is 10.0 Å². The first-order chi connectivity index (χ1) is 21.1. The molecule has 0 saturated heterocycles. The molecule has 0 heterocycles. The molecule has 8 nitrogen and oxygen atoms in total. The first-order valence-corrected chi connectivity index (χ1v) is 16.1. The molecular formula is C33H33Cl2N3O5S. The van der Waals surface area contributed by atoms with Gasteiger partial charge in [-0.3, -0.25) is 13.9 Å². The van der Waals surface area contributed by atoms with Crippen molar-refractivity contribution in [2.45, 2.75) is 30.8 Å². The number of benzene rings is 4. The van der Waals surface area contributed by atoms with Crippen LogP contribution in [0.25, 0.3) is 0 Å². The average Bonchev–Trinajstić information content (AvgIpc) is 3.03. The largest absolute Gasteiger partial charge is 0.497 e. The first-order valence-electron chi connectivity index (χ1n) is 13.9. The molecule has 1 N–H and O–H groups in total. The van der Waals surface area contributed by atoms with Crippen molar-refractivity contribution >= 4 is 50.7 Å². The van der Waals surface area contributed by atoms with Crippen molar-refractivity contribution in [3.63, 3.8) is 0 Å². The average molecular weight is 655 g/mol. The molecule has 0 saturated carbocycles. The van der Waals surface area contributed by atoms with Crippen molar-refractivity contribution in [1.82, 2.24) is 10.2 Å². The van der Waals surface area contributed by atoms with Crippen molar-refractivity contribution in [1.29, 1.82) is 0 Å². The number of carbonyl (C=O) groups is 2. The van der Waals surface area contributed by atoms with Crippen LogP contribution in [0.1, 0.15) is 18.1 Å². The molecule has 0 fully saturated rings. The maximum Gasteiger partial charge on any atom is 0.264 e. The molecule has 4 rings (SSSR count). The van der Waals surface area contributed by atoms with Gasteiger partial charge in [0.25, 0.3) is 10.0 Å². The van der Waals surface area contributed by atoms with Crippen molar-refractivity contribution < 1.29 is 22.7 Å². The third kappa shape index (κ3) is 7.91. The topological polar surface area (TPSA) is 96.0 Å². The number of hydrogen-bond donors (Lipinski definition) is 1. The molecule has 0 spiro atoms. The fraction of sp³-hybridized carbons (Fsp3) is 0.212. The Bertz CT molecular complexity index is 1650. The number of anilines is 1. The first kappa shape index (κ1) is 32.9. The maximum absolute atomic E-state index is 14.4. The third-order valence-corrected chi connectivity index (χ3v) is 9.48. The summed E-state index contributed by atoms with van der Waals surface area (Å²) in [6.45, 7) is 1.40. The summed E-state index contributed by atoms with van der Waals surface area (Å²) in [5, 5.41) is 3.46. The van der Waals surface area contributed by atoms with E-state index in [0.717, 1.165) is 9.87 Å². The maximum atomic E-state index is 14.4. The lowest BCUT2D eigenvalue weighted by Gasteiger charge is -2.34. The van der Waals surface area contributed by atoms with Crippen molar-refractivity contribution in [3.8, 4) is 5.75 Å². The van der Waals surface area contributed by atoms with Gasteiger partial charge in [-0.05, 0) is 61.0 Å². The van der Waals surface area contributed by atoms with Gasteiger partial charge in [0.1, 0.15) is 18.3 Å². The Morgan fingerprint density at radius 2 is 1.43 bits per heavy atom. The van der Waals surface area contributed by atoms with Gasteiger partial charge in [-0.1, -0.05) is 77.8 Å². The molecule has 4 aromatic rings. The Morgan fingerprint density at radius 1 is 0.841 bits per heavy atom. The number of nitrogens with zero attached hydrogens (tertiary/aromatic N) is 2. The van der Waals surface area contributed by atoms with E-state index in [2.05, 4.69) is 5.32 Å². The Balaban J connectivity index is 1.81. The van der Waals surface area contributed by atoms with Gasteiger partial charge < -0.3 is 15.0 Å². The number of nitrogens with one attached hydrogen (secondary N) is 1. The van der Waals surface area contributed by atoms with Crippen molar-refractivity contribution in [3.05, 3.63) is 124 Å². The zero-order valence-corrected chi connectivity index (χ0v) is 26.6. The van der Waals surface area contributed by atoms with Crippen LogP contribution in [-0.4, -0.2) is 51.4 Å². The van der Waals surface area contributed by atoms with E-state index in [4.69, 9.17) is 27.9 Å². The normalized spacial score (nSPS) is 11.8. The molecular weight excluding hydrogens is 621 g/mol. The Kier molecular flexibility index (Phi) is 11.3. The molecule has 0 aliphatic rings. The molecule has 0 radical (unpaired) electrons. The summed E-state index contributed by atoms with van der Waals surface area (Å²) in [5.74, 6) is -0.522. The van der Waals surface area contributed by atoms with Gasteiger partial charge >= 0.3 is 0 Å². The number of ether oxygens (including phenoxy) is 1. The van der Waals surface area contributed by atoms with E-state index < -0.39 is 34.4 Å². The smallest absolute Gasteiger partial charge is 0.264 e. The van der Waals surface area contributed by atoms with Crippen molar-refractivity contribution in [2.24, 2.45) is 0 Å². The summed E-state index contributed by atoms with van der Waals surface area (Å²) < 4.78 is 34.3. The second-order valence-electron chi connectivity index (χ2n) is 9.84. The minimum atomic E-state index is -4.23. The standard InChI is InChI=1S/C33H33Cl2N3O5S/c1-3-36-33(40)31(21-24-11-6-4-7-12-24)37(22-28-29(34)15-10-16-30(28)35)32(39)23-38(25-13-8-5-9-14-25)44(41,42)27-19-17-26(43-2)18-20-27/h4-20,31H,3,21-23H2,1-2H3,(H,36,40). The van der Waals surface area contributed by atoms with Crippen LogP contribution in [0.15, 0.2) is 108 Å². The fourth-order valence-corrected chi connectivity index (χ4v) is 6.63. The van der Waals surface area contributed by atoms with Gasteiger partial charge in [-0.25, -0.2) is 8.42 Å². The van der Waals surface area contributed by atoms with E-state index in [-0.39, 0.29) is 23.5 Å². The summed E-state index contributed by atoms with van der Waals surface area (Å²) in [6.07, 6.45) is 0.178. The second-order valence-corrected chi connectivity index (χ2v) is 12.5. The van der Waals surface area contributed by atoms with E-state index in [1.165, 1.54) is 36.3 Å². The summed E-state index contributed by atoms with van der Waals surface area (Å²) in [4.78, 5) is 29.3. The molecule has 4 aromatic carbocycles. The number of methoxy groups -OCH3 is 1. The number of amides is 2. The lowest BCUT2D eigenvalue weighted by atomic mass is 10.0. The van der Waals surface area contributed by atoms with Crippen LogP contribution in [-0.2, 0) is 32.6 Å². The van der Waals surface area contributed by atoms with E-state index in [1.807, 2.05) is 30.3 Å². The zero-order chi connectivity index (χ0) is 31.7. The number of sulfonamides is 1. The number of likely N-dealkylation sites (N-methyl/N-ethyl adjacent to an activating group) is 1. The van der Waals surface area contributed by atoms with Gasteiger partial charge in [-0.2, -0.15) is 0 Å². The highest BCUT2D eigenvalue weighted by Gasteiger charge is 2.35. The number of halogens is 2. The zero-order valence-electron chi connectivity index (χ0n) is 24.3. The number of hydrogen-bond acceptors (Lipinski definition) is 5. The molecule has 11 heteroatoms. The quantitative estimate of drug-likeness (QED) is 0.192. The van der Waals surface area contributed by atoms with E-state index in [9.17, 15) is 18.0 Å². The molecule has 2 amide bonds. The summed E-state index contributed by atoms with van der Waals surface area (Å²) in [5.41, 5.74) is 1.54. The highest BCUT2D eigenvalue weighted by atomic mass is 35.5. The minimum absolute atomic E-state index is 0.0276. The van der Waals surface area contributed by atoms with Crippen LogP contribution in [0.5, 0.6) is 5.75 Å². The molecule has 1 atom stereocenters. The van der Waals surface area contributed by atoms with E-state index in [1.54, 1.807) is 55.5 Å².